The molecule has 0 unspecified atom stereocenters. The molecule has 5 heteroatoms. The van der Waals surface area contributed by atoms with Crippen molar-refractivity contribution >= 4 is 12.1 Å². The van der Waals surface area contributed by atoms with Gasteiger partial charge in [-0.1, -0.05) is 30.3 Å². The van der Waals surface area contributed by atoms with Crippen LogP contribution in [0.25, 0.3) is 0 Å². The third kappa shape index (κ3) is 6.36. The van der Waals surface area contributed by atoms with Crippen LogP contribution in [-0.2, 0) is 20.8 Å². The molecule has 2 rings (SSSR count). The molecule has 0 atom stereocenters. The Bertz CT molecular complexity index is 586. The van der Waals surface area contributed by atoms with E-state index in [1.54, 1.807) is 4.90 Å². The second-order valence-corrected chi connectivity index (χ2v) is 8.09. The van der Waals surface area contributed by atoms with Gasteiger partial charge in [0.05, 0.1) is 13.0 Å². The first-order chi connectivity index (χ1) is 12.3. The molecule has 1 fully saturated rings. The van der Waals surface area contributed by atoms with Gasteiger partial charge in [0.2, 0.25) is 0 Å². The number of methoxy groups -OCH3 is 1. The summed E-state index contributed by atoms with van der Waals surface area (Å²) in [6.07, 6.45) is 3.22. The molecular weight excluding hydrogens is 330 g/mol. The monoisotopic (exact) mass is 361 g/mol. The first-order valence-electron chi connectivity index (χ1n) is 9.38. The molecule has 0 aliphatic heterocycles. The molecule has 0 radical (unpaired) electrons. The molecule has 1 aromatic rings. The topological polar surface area (TPSA) is 55.8 Å². The summed E-state index contributed by atoms with van der Waals surface area (Å²) in [6, 6.07) is 9.96. The van der Waals surface area contributed by atoms with Crippen LogP contribution in [0.5, 0.6) is 0 Å². The van der Waals surface area contributed by atoms with Crippen LogP contribution in [0, 0.1) is 11.8 Å². The molecule has 1 aromatic carbocycles. The highest BCUT2D eigenvalue weighted by Gasteiger charge is 2.30. The van der Waals surface area contributed by atoms with Crippen molar-refractivity contribution in [3.8, 4) is 0 Å². The molecule has 1 aliphatic carbocycles. The van der Waals surface area contributed by atoms with Gasteiger partial charge in [-0.2, -0.15) is 0 Å². The lowest BCUT2D eigenvalue weighted by atomic mass is 9.82. The number of hydrogen-bond acceptors (Lipinski definition) is 4. The summed E-state index contributed by atoms with van der Waals surface area (Å²) >= 11 is 0. The largest absolute Gasteiger partial charge is 0.469 e. The van der Waals surface area contributed by atoms with E-state index in [4.69, 9.17) is 9.47 Å². The van der Waals surface area contributed by atoms with Gasteiger partial charge in [-0.3, -0.25) is 4.79 Å². The molecule has 144 valence electrons. The van der Waals surface area contributed by atoms with E-state index in [2.05, 4.69) is 0 Å². The van der Waals surface area contributed by atoms with Crippen molar-refractivity contribution in [1.82, 2.24) is 4.90 Å². The number of nitrogens with zero attached hydrogens (tertiary/aromatic N) is 1. The van der Waals surface area contributed by atoms with Gasteiger partial charge >= 0.3 is 12.1 Å². The van der Waals surface area contributed by atoms with Gasteiger partial charge in [-0.05, 0) is 57.9 Å². The Morgan fingerprint density at radius 2 is 1.69 bits per heavy atom. The second kappa shape index (κ2) is 9.06. The molecule has 5 nitrogen and oxygen atoms in total. The quantitative estimate of drug-likeness (QED) is 0.729. The maximum absolute atomic E-state index is 12.7. The van der Waals surface area contributed by atoms with Crippen molar-refractivity contribution in [1.29, 1.82) is 0 Å². The fraction of sp³-hybridized carbons (Fsp3) is 0.619. The maximum atomic E-state index is 12.7. The summed E-state index contributed by atoms with van der Waals surface area (Å²) in [6.45, 7) is 6.83. The minimum Gasteiger partial charge on any atom is -0.469 e. The molecule has 0 heterocycles. The zero-order valence-corrected chi connectivity index (χ0v) is 16.4. The molecule has 1 saturated carbocycles. The maximum Gasteiger partial charge on any atom is 0.410 e. The molecule has 0 aromatic heterocycles. The molecule has 0 N–H and O–H groups in total. The fourth-order valence-electron chi connectivity index (χ4n) is 3.39. The number of amides is 1. The molecular formula is C21H31NO4. The van der Waals surface area contributed by atoms with E-state index in [0.717, 1.165) is 31.2 Å². The van der Waals surface area contributed by atoms with Crippen LogP contribution in [0.1, 0.15) is 52.0 Å². The van der Waals surface area contributed by atoms with Gasteiger partial charge in [0.1, 0.15) is 5.60 Å². The number of esters is 1. The van der Waals surface area contributed by atoms with Crippen molar-refractivity contribution in [2.75, 3.05) is 13.7 Å². The van der Waals surface area contributed by atoms with Gasteiger partial charge in [0.25, 0.3) is 0 Å². The molecule has 0 bridgehead atoms. The third-order valence-electron chi connectivity index (χ3n) is 4.73. The van der Waals surface area contributed by atoms with Crippen LogP contribution in [0.2, 0.25) is 0 Å². The lowest BCUT2D eigenvalue weighted by molar-refractivity contribution is -0.146. The van der Waals surface area contributed by atoms with Crippen molar-refractivity contribution in [3.05, 3.63) is 35.9 Å². The first kappa shape index (κ1) is 20.3. The molecule has 1 amide bonds. The summed E-state index contributed by atoms with van der Waals surface area (Å²) in [7, 11) is 1.44. The number of hydrogen-bond donors (Lipinski definition) is 0. The smallest absolute Gasteiger partial charge is 0.410 e. The van der Waals surface area contributed by atoms with Crippen LogP contribution in [-0.4, -0.2) is 36.2 Å². The number of ether oxygens (including phenoxy) is 2. The van der Waals surface area contributed by atoms with Crippen LogP contribution in [0.15, 0.2) is 30.3 Å². The minimum absolute atomic E-state index is 0.000324. The Hall–Kier alpha value is -2.04. The van der Waals surface area contributed by atoms with Gasteiger partial charge in [-0.15, -0.1) is 0 Å². The van der Waals surface area contributed by atoms with Crippen LogP contribution in [0.4, 0.5) is 4.79 Å². The minimum atomic E-state index is -0.519. The summed E-state index contributed by atoms with van der Waals surface area (Å²) in [4.78, 5) is 26.2. The Labute approximate surface area is 156 Å². The Morgan fingerprint density at radius 3 is 2.23 bits per heavy atom. The summed E-state index contributed by atoms with van der Waals surface area (Å²) in [5.41, 5.74) is 0.566. The van der Waals surface area contributed by atoms with E-state index in [1.165, 1.54) is 7.11 Å². The van der Waals surface area contributed by atoms with E-state index >= 15 is 0 Å². The Balaban J connectivity index is 2.00. The van der Waals surface area contributed by atoms with Crippen LogP contribution in [0.3, 0.4) is 0 Å². The van der Waals surface area contributed by atoms with E-state index in [0.29, 0.717) is 19.0 Å². The normalized spacial score (nSPS) is 20.3. The SMILES string of the molecule is COC(=O)C1CCC(CN(Cc2ccccc2)C(=O)OC(C)(C)C)CC1. The summed E-state index contributed by atoms with van der Waals surface area (Å²) < 4.78 is 10.5. The molecule has 0 spiro atoms. The van der Waals surface area contributed by atoms with Crippen molar-refractivity contribution in [3.63, 3.8) is 0 Å². The van der Waals surface area contributed by atoms with E-state index < -0.39 is 5.60 Å². The molecule has 1 aliphatic rings. The van der Waals surface area contributed by atoms with E-state index in [-0.39, 0.29) is 18.0 Å². The fourth-order valence-corrected chi connectivity index (χ4v) is 3.39. The number of carbonyl (C=O) groups is 2. The van der Waals surface area contributed by atoms with Crippen molar-refractivity contribution in [2.24, 2.45) is 11.8 Å². The van der Waals surface area contributed by atoms with Gasteiger partial charge in [0.15, 0.2) is 0 Å². The number of rotatable bonds is 5. The predicted octanol–water partition coefficient (Wildman–Crippen LogP) is 4.40. The van der Waals surface area contributed by atoms with Gasteiger partial charge in [0, 0.05) is 13.1 Å². The van der Waals surface area contributed by atoms with Crippen molar-refractivity contribution < 1.29 is 19.1 Å². The average Bonchev–Trinajstić information content (AvgIpc) is 2.60. The zero-order chi connectivity index (χ0) is 19.2. The van der Waals surface area contributed by atoms with Crippen molar-refractivity contribution in [2.45, 2.75) is 58.6 Å². The van der Waals surface area contributed by atoms with Crippen LogP contribution >= 0.6 is 0 Å². The lowest BCUT2D eigenvalue weighted by Gasteiger charge is -2.33. The molecule has 0 saturated heterocycles. The number of benzene rings is 1. The standard InChI is InChI=1S/C21H31NO4/c1-21(2,3)26-20(24)22(14-16-8-6-5-7-9-16)15-17-10-12-18(13-11-17)19(23)25-4/h5-9,17-18H,10-15H2,1-4H3. The third-order valence-corrected chi connectivity index (χ3v) is 4.73. The summed E-state index contributed by atoms with van der Waals surface area (Å²) in [5, 5.41) is 0. The second-order valence-electron chi connectivity index (χ2n) is 8.09. The van der Waals surface area contributed by atoms with E-state index in [1.807, 2.05) is 51.1 Å². The average molecular weight is 361 g/mol. The zero-order valence-electron chi connectivity index (χ0n) is 16.4. The lowest BCUT2D eigenvalue weighted by Crippen LogP contribution is -2.40. The van der Waals surface area contributed by atoms with Gasteiger partial charge < -0.3 is 14.4 Å². The first-order valence-corrected chi connectivity index (χ1v) is 9.38. The Morgan fingerprint density at radius 1 is 1.08 bits per heavy atom. The highest BCUT2D eigenvalue weighted by Crippen LogP contribution is 2.30. The van der Waals surface area contributed by atoms with Crippen LogP contribution < -0.4 is 0 Å². The Kier molecular flexibility index (Phi) is 7.06. The predicted molar refractivity (Wildman–Crippen MR) is 101 cm³/mol. The summed E-state index contributed by atoms with van der Waals surface area (Å²) in [5.74, 6) is 0.268. The molecule has 26 heavy (non-hydrogen) atoms. The number of carbonyl (C=O) groups excluding carboxylic acids is 2. The highest BCUT2D eigenvalue weighted by atomic mass is 16.6. The highest BCUT2D eigenvalue weighted by molar-refractivity contribution is 5.72. The van der Waals surface area contributed by atoms with Gasteiger partial charge in [-0.25, -0.2) is 4.79 Å². The van der Waals surface area contributed by atoms with E-state index in [9.17, 15) is 9.59 Å².